The highest BCUT2D eigenvalue weighted by Gasteiger charge is 2.42. The van der Waals surface area contributed by atoms with E-state index in [1.54, 1.807) is 28.4 Å². The van der Waals surface area contributed by atoms with Gasteiger partial charge in [-0.15, -0.1) is 0 Å². The lowest BCUT2D eigenvalue weighted by atomic mass is 10.4. The van der Waals surface area contributed by atoms with Crippen LogP contribution in [0.2, 0.25) is 0 Å². The molecule has 13 heavy (non-hydrogen) atoms. The highest BCUT2D eigenvalue weighted by molar-refractivity contribution is 7.80. The van der Waals surface area contributed by atoms with Gasteiger partial charge in [-0.1, -0.05) is 0 Å². The molecule has 0 aliphatic heterocycles. The molecule has 4 nitrogen and oxygen atoms in total. The third kappa shape index (κ3) is 3.23. The van der Waals surface area contributed by atoms with Crippen molar-refractivity contribution in [3.63, 3.8) is 0 Å². The Balaban J connectivity index is 4.50. The molecule has 0 unspecified atom stereocenters. The van der Waals surface area contributed by atoms with Gasteiger partial charge in [0.1, 0.15) is 0 Å². The van der Waals surface area contributed by atoms with Gasteiger partial charge in [0, 0.05) is 34.9 Å². The summed E-state index contributed by atoms with van der Waals surface area (Å²) < 4.78 is 21.1. The zero-order chi connectivity index (χ0) is 10.3. The van der Waals surface area contributed by atoms with Crippen LogP contribution in [0.1, 0.15) is 6.42 Å². The van der Waals surface area contributed by atoms with Crippen molar-refractivity contribution in [2.75, 3.05) is 34.2 Å². The number of rotatable bonds is 7. The molecule has 0 saturated heterocycles. The molecule has 80 valence electrons. The minimum Gasteiger partial charge on any atom is -0.397 e. The summed E-state index contributed by atoms with van der Waals surface area (Å²) in [5.74, 6) is 0.665. The van der Waals surface area contributed by atoms with Gasteiger partial charge in [-0.05, 0) is 5.75 Å². The van der Waals surface area contributed by atoms with E-state index in [0.717, 1.165) is 0 Å². The van der Waals surface area contributed by atoms with Gasteiger partial charge in [0.15, 0.2) is 0 Å². The lowest BCUT2D eigenvalue weighted by Gasteiger charge is -2.34. The lowest BCUT2D eigenvalue weighted by molar-refractivity contribution is -0.167. The Morgan fingerprint density at radius 1 is 1.08 bits per heavy atom. The molecule has 0 amide bonds. The van der Waals surface area contributed by atoms with Crippen LogP contribution in [0.4, 0.5) is 0 Å². The Kier molecular flexibility index (Phi) is 7.01. The zero-order valence-electron chi connectivity index (χ0n) is 8.57. The minimum absolute atomic E-state index is 0.654. The van der Waals surface area contributed by atoms with E-state index in [9.17, 15) is 0 Å². The summed E-state index contributed by atoms with van der Waals surface area (Å²) in [5.41, 5.74) is -0.731. The van der Waals surface area contributed by atoms with Crippen LogP contribution in [0.3, 0.4) is 0 Å². The summed E-state index contributed by atoms with van der Waals surface area (Å²) in [4.78, 5) is 0. The Morgan fingerprint density at radius 3 is 1.77 bits per heavy atom. The molecule has 0 aliphatic rings. The predicted octanol–water partition coefficient (Wildman–Crippen LogP) is 0.348. The van der Waals surface area contributed by atoms with Gasteiger partial charge < -0.3 is 18.3 Å². The fraction of sp³-hybridized carbons (Fsp3) is 1.00. The van der Waals surface area contributed by atoms with Gasteiger partial charge >= 0.3 is 9.28 Å². The summed E-state index contributed by atoms with van der Waals surface area (Å²) in [6.07, 6.45) is 0.654. The first-order valence-corrected chi connectivity index (χ1v) is 6.12. The fourth-order valence-electron chi connectivity index (χ4n) is 1.21. The third-order valence-corrected chi connectivity index (χ3v) is 4.50. The monoisotopic (exact) mass is 226 g/mol. The zero-order valence-corrected chi connectivity index (χ0v) is 10.6. The molecule has 0 aromatic carbocycles. The molecule has 0 aliphatic carbocycles. The van der Waals surface area contributed by atoms with Crippen molar-refractivity contribution in [1.29, 1.82) is 0 Å². The maximum Gasteiger partial charge on any atom is 0.383 e. The molecule has 0 rings (SSSR count). The van der Waals surface area contributed by atoms with Crippen molar-refractivity contribution in [2.45, 2.75) is 11.8 Å². The van der Waals surface area contributed by atoms with Crippen molar-refractivity contribution in [2.24, 2.45) is 0 Å². The van der Waals surface area contributed by atoms with Gasteiger partial charge in [-0.25, -0.2) is 0 Å². The molecule has 0 fully saturated rings. The summed E-state index contributed by atoms with van der Waals surface area (Å²) in [6.45, 7) is 0. The number of methoxy groups -OCH3 is 2. The van der Waals surface area contributed by atoms with Gasteiger partial charge in [0.25, 0.3) is 0 Å². The molecular formula is C7H18O4SSi. The van der Waals surface area contributed by atoms with E-state index in [2.05, 4.69) is 12.6 Å². The molecule has 6 heteroatoms. The summed E-state index contributed by atoms with van der Waals surface area (Å²) >= 11 is 4.15. The van der Waals surface area contributed by atoms with Crippen LogP contribution in [-0.2, 0) is 18.3 Å². The molecule has 0 saturated carbocycles. The summed E-state index contributed by atoms with van der Waals surface area (Å²) in [7, 11) is 4.43. The van der Waals surface area contributed by atoms with Crippen LogP contribution in [0.5, 0.6) is 0 Å². The maximum absolute atomic E-state index is 5.31. The van der Waals surface area contributed by atoms with Crippen molar-refractivity contribution < 1.29 is 18.3 Å². The van der Waals surface area contributed by atoms with E-state index in [4.69, 9.17) is 18.3 Å². The Morgan fingerprint density at radius 2 is 1.54 bits per heavy atom. The van der Waals surface area contributed by atoms with Crippen molar-refractivity contribution in [1.82, 2.24) is 0 Å². The number of hydrogen-bond donors (Lipinski definition) is 1. The topological polar surface area (TPSA) is 36.9 Å². The van der Waals surface area contributed by atoms with Crippen LogP contribution in [0, 0.1) is 0 Å². The molecule has 0 aromatic heterocycles. The average Bonchev–Trinajstić information content (AvgIpc) is 2.18. The van der Waals surface area contributed by atoms with Crippen LogP contribution in [0.25, 0.3) is 0 Å². The number of ether oxygens (including phenoxy) is 2. The third-order valence-electron chi connectivity index (χ3n) is 1.94. The molecule has 0 bridgehead atoms. The van der Waals surface area contributed by atoms with Crippen LogP contribution >= 0.6 is 12.6 Å². The normalized spacial score (nSPS) is 12.5. The Labute approximate surface area is 86.8 Å². The number of hydrogen-bond acceptors (Lipinski definition) is 5. The van der Waals surface area contributed by atoms with Crippen molar-refractivity contribution in [3.05, 3.63) is 0 Å². The van der Waals surface area contributed by atoms with E-state index in [1.807, 2.05) is 0 Å². The van der Waals surface area contributed by atoms with Gasteiger partial charge in [-0.3, -0.25) is 0 Å². The second-order valence-corrected chi connectivity index (χ2v) is 5.43. The summed E-state index contributed by atoms with van der Waals surface area (Å²) in [6, 6.07) is 0. The smallest absolute Gasteiger partial charge is 0.383 e. The largest absolute Gasteiger partial charge is 0.397 e. The molecular weight excluding hydrogens is 208 g/mol. The molecule has 0 spiro atoms. The quantitative estimate of drug-likeness (QED) is 0.386. The van der Waals surface area contributed by atoms with Gasteiger partial charge in [0.2, 0.25) is 5.41 Å². The summed E-state index contributed by atoms with van der Waals surface area (Å²) in [5, 5.41) is 0. The first-order chi connectivity index (χ1) is 6.20. The second kappa shape index (κ2) is 6.80. The highest BCUT2D eigenvalue weighted by Crippen LogP contribution is 2.21. The first kappa shape index (κ1) is 13.4. The fourth-order valence-corrected chi connectivity index (χ4v) is 3.44. The van der Waals surface area contributed by atoms with E-state index in [1.165, 1.54) is 0 Å². The van der Waals surface area contributed by atoms with Crippen LogP contribution in [-0.4, -0.2) is 48.9 Å². The SMILES string of the molecule is CO[SiH](OC)C(CCS)(OC)OC. The molecule has 0 heterocycles. The maximum atomic E-state index is 5.31. The van der Waals surface area contributed by atoms with E-state index in [0.29, 0.717) is 12.2 Å². The molecule has 0 radical (unpaired) electrons. The Bertz CT molecular complexity index is 128. The predicted molar refractivity (Wildman–Crippen MR) is 56.4 cm³/mol. The van der Waals surface area contributed by atoms with Crippen LogP contribution < -0.4 is 0 Å². The minimum atomic E-state index is -1.95. The van der Waals surface area contributed by atoms with Crippen LogP contribution in [0.15, 0.2) is 0 Å². The van der Waals surface area contributed by atoms with E-state index >= 15 is 0 Å². The lowest BCUT2D eigenvalue weighted by Crippen LogP contribution is -2.52. The van der Waals surface area contributed by atoms with Gasteiger partial charge in [-0.2, -0.15) is 12.6 Å². The average molecular weight is 226 g/mol. The molecule has 0 N–H and O–H groups in total. The second-order valence-electron chi connectivity index (χ2n) is 2.50. The van der Waals surface area contributed by atoms with Crippen molar-refractivity contribution in [3.8, 4) is 0 Å². The van der Waals surface area contributed by atoms with Crippen molar-refractivity contribution >= 4 is 21.9 Å². The molecule has 0 aromatic rings. The number of thiol groups is 1. The first-order valence-electron chi connectivity index (χ1n) is 3.97. The van der Waals surface area contributed by atoms with E-state index < -0.39 is 14.7 Å². The highest BCUT2D eigenvalue weighted by atomic mass is 32.1. The van der Waals surface area contributed by atoms with E-state index in [-0.39, 0.29) is 0 Å². The Hall–Kier alpha value is 0.407. The van der Waals surface area contributed by atoms with Gasteiger partial charge in [0.05, 0.1) is 0 Å². The molecule has 0 atom stereocenters. The standard InChI is InChI=1S/C7H18O4SSi/c1-8-7(9-2,5-6-12)13(10-3)11-4/h12-13H,5-6H2,1-4H3.